The molecular weight excluding hydrogens is 180 g/mol. The summed E-state index contributed by atoms with van der Waals surface area (Å²) in [5.74, 6) is -1.07. The molecule has 0 bridgehead atoms. The van der Waals surface area contributed by atoms with Gasteiger partial charge in [-0.1, -0.05) is 20.8 Å². The van der Waals surface area contributed by atoms with E-state index in [1.54, 1.807) is 0 Å². The van der Waals surface area contributed by atoms with Crippen LogP contribution in [0.1, 0.15) is 33.6 Å². The van der Waals surface area contributed by atoms with Crippen LogP contribution in [0.25, 0.3) is 0 Å². The highest BCUT2D eigenvalue weighted by molar-refractivity contribution is 6.04. The first-order valence-corrected chi connectivity index (χ1v) is 5.23. The number of carbonyl (C=O) groups is 2. The Hall–Kier alpha value is -0.900. The molecular formula is C10H20N2O2. The predicted molar refractivity (Wildman–Crippen MR) is 55.7 cm³/mol. The van der Waals surface area contributed by atoms with Crippen molar-refractivity contribution in [1.29, 1.82) is 0 Å². The first kappa shape index (κ1) is 13.1. The second-order valence-electron chi connectivity index (χ2n) is 3.04. The molecule has 0 heterocycles. The Morgan fingerprint density at radius 3 is 2.43 bits per heavy atom. The number of ketones is 1. The summed E-state index contributed by atoms with van der Waals surface area (Å²) in [6.45, 7) is 6.69. The van der Waals surface area contributed by atoms with Gasteiger partial charge in [-0.3, -0.25) is 9.59 Å². The van der Waals surface area contributed by atoms with Gasteiger partial charge in [-0.15, -0.1) is 0 Å². The van der Waals surface area contributed by atoms with Crippen molar-refractivity contribution in [2.24, 2.45) is 11.7 Å². The van der Waals surface area contributed by atoms with E-state index in [2.05, 4.69) is 5.32 Å². The number of hydrogen-bond donors (Lipinski definition) is 2. The zero-order chi connectivity index (χ0) is 11.1. The summed E-state index contributed by atoms with van der Waals surface area (Å²) in [5.41, 5.74) is 5.06. The summed E-state index contributed by atoms with van der Waals surface area (Å²) in [7, 11) is 0. The molecule has 1 aliphatic carbocycles. The Balaban J connectivity index is 0.000000791. The monoisotopic (exact) mass is 200 g/mol. The number of primary amides is 1. The fraction of sp³-hybridized carbons (Fsp3) is 0.800. The molecule has 3 N–H and O–H groups in total. The molecule has 0 spiro atoms. The van der Waals surface area contributed by atoms with Crippen LogP contribution < -0.4 is 11.1 Å². The lowest BCUT2D eigenvalue weighted by atomic mass is 10.1. The van der Waals surface area contributed by atoms with Crippen LogP contribution in [0.15, 0.2) is 0 Å². The normalized spacial score (nSPS) is 25.5. The lowest BCUT2D eigenvalue weighted by molar-refractivity contribution is -0.131. The van der Waals surface area contributed by atoms with E-state index in [9.17, 15) is 9.59 Å². The van der Waals surface area contributed by atoms with Crippen molar-refractivity contribution in [2.45, 2.75) is 39.7 Å². The Morgan fingerprint density at radius 1 is 1.50 bits per heavy atom. The molecule has 0 aromatic carbocycles. The molecule has 4 nitrogen and oxygen atoms in total. The molecule has 82 valence electrons. The standard InChI is InChI=1S/C8H14N2O2.C2H6/c1-2-10-6-4-3-5(7(6)11)8(9)12;1-2/h5-6,10H,2-4H2,1H3,(H2,9,12);1-2H3. The van der Waals surface area contributed by atoms with E-state index < -0.39 is 11.8 Å². The van der Waals surface area contributed by atoms with Gasteiger partial charge >= 0.3 is 0 Å². The van der Waals surface area contributed by atoms with Gasteiger partial charge in [0.1, 0.15) is 0 Å². The van der Waals surface area contributed by atoms with Gasteiger partial charge in [-0.05, 0) is 19.4 Å². The van der Waals surface area contributed by atoms with Gasteiger partial charge in [-0.2, -0.15) is 0 Å². The van der Waals surface area contributed by atoms with Gasteiger partial charge in [0, 0.05) is 0 Å². The van der Waals surface area contributed by atoms with Crippen LogP contribution in [0.3, 0.4) is 0 Å². The fourth-order valence-corrected chi connectivity index (χ4v) is 1.59. The lowest BCUT2D eigenvalue weighted by Gasteiger charge is -2.08. The second kappa shape index (κ2) is 6.54. The van der Waals surface area contributed by atoms with E-state index in [4.69, 9.17) is 5.73 Å². The first-order valence-electron chi connectivity index (χ1n) is 5.23. The van der Waals surface area contributed by atoms with Crippen LogP contribution in [-0.2, 0) is 9.59 Å². The highest BCUT2D eigenvalue weighted by Crippen LogP contribution is 2.21. The van der Waals surface area contributed by atoms with Gasteiger partial charge in [0.25, 0.3) is 0 Å². The summed E-state index contributed by atoms with van der Waals surface area (Å²) >= 11 is 0. The molecule has 0 aromatic rings. The van der Waals surface area contributed by atoms with E-state index in [-0.39, 0.29) is 11.8 Å². The molecule has 14 heavy (non-hydrogen) atoms. The topological polar surface area (TPSA) is 72.2 Å². The molecule has 0 saturated heterocycles. The smallest absolute Gasteiger partial charge is 0.228 e. The van der Waals surface area contributed by atoms with E-state index in [1.165, 1.54) is 0 Å². The van der Waals surface area contributed by atoms with Crippen LogP contribution in [0.5, 0.6) is 0 Å². The molecule has 1 rings (SSSR count). The van der Waals surface area contributed by atoms with Crippen LogP contribution in [0.2, 0.25) is 0 Å². The molecule has 1 aliphatic rings. The van der Waals surface area contributed by atoms with Gasteiger partial charge in [0.15, 0.2) is 5.78 Å². The fourth-order valence-electron chi connectivity index (χ4n) is 1.59. The number of carbonyl (C=O) groups excluding carboxylic acids is 2. The van der Waals surface area contributed by atoms with Crippen molar-refractivity contribution >= 4 is 11.7 Å². The van der Waals surface area contributed by atoms with Crippen LogP contribution in [0.4, 0.5) is 0 Å². The zero-order valence-electron chi connectivity index (χ0n) is 9.17. The highest BCUT2D eigenvalue weighted by atomic mass is 16.2. The Bertz CT molecular complexity index is 204. The summed E-state index contributed by atoms with van der Waals surface area (Å²) in [4.78, 5) is 22.1. The third kappa shape index (κ3) is 3.10. The van der Waals surface area contributed by atoms with E-state index >= 15 is 0 Å². The van der Waals surface area contributed by atoms with Crippen molar-refractivity contribution in [3.63, 3.8) is 0 Å². The summed E-state index contributed by atoms with van der Waals surface area (Å²) < 4.78 is 0. The third-order valence-corrected chi connectivity index (χ3v) is 2.22. The minimum atomic E-state index is -0.547. The largest absolute Gasteiger partial charge is 0.369 e. The molecule has 1 saturated carbocycles. The molecule has 2 unspecified atom stereocenters. The van der Waals surface area contributed by atoms with Crippen LogP contribution in [-0.4, -0.2) is 24.3 Å². The average molecular weight is 200 g/mol. The van der Waals surface area contributed by atoms with E-state index in [0.717, 1.165) is 13.0 Å². The summed E-state index contributed by atoms with van der Waals surface area (Å²) in [6, 6.07) is -0.146. The van der Waals surface area contributed by atoms with Crippen molar-refractivity contribution in [3.05, 3.63) is 0 Å². The maximum Gasteiger partial charge on any atom is 0.228 e. The number of amides is 1. The molecule has 1 amide bonds. The van der Waals surface area contributed by atoms with Crippen LogP contribution >= 0.6 is 0 Å². The van der Waals surface area contributed by atoms with Gasteiger partial charge in [-0.25, -0.2) is 0 Å². The Labute approximate surface area is 85.2 Å². The molecule has 1 fully saturated rings. The zero-order valence-corrected chi connectivity index (χ0v) is 9.17. The number of nitrogens with two attached hydrogens (primary N) is 1. The van der Waals surface area contributed by atoms with Crippen LogP contribution in [0, 0.1) is 5.92 Å². The first-order chi connectivity index (χ1) is 6.66. The minimum absolute atomic E-state index is 0.0376. The maximum absolute atomic E-state index is 11.4. The van der Waals surface area contributed by atoms with Gasteiger partial charge in [0.2, 0.25) is 5.91 Å². The predicted octanol–water partition coefficient (Wildman–Crippen LogP) is 0.455. The van der Waals surface area contributed by atoms with Crippen molar-refractivity contribution < 1.29 is 9.59 Å². The average Bonchev–Trinajstić information content (AvgIpc) is 2.52. The number of likely N-dealkylation sites (N-methyl/N-ethyl adjacent to an activating group) is 1. The van der Waals surface area contributed by atoms with Gasteiger partial charge < -0.3 is 11.1 Å². The third-order valence-electron chi connectivity index (χ3n) is 2.22. The molecule has 0 aliphatic heterocycles. The lowest BCUT2D eigenvalue weighted by Crippen LogP contribution is -2.37. The molecule has 2 atom stereocenters. The summed E-state index contributed by atoms with van der Waals surface area (Å²) in [5, 5.41) is 3.02. The number of hydrogen-bond acceptors (Lipinski definition) is 3. The maximum atomic E-state index is 11.4. The number of nitrogens with one attached hydrogen (secondary N) is 1. The highest BCUT2D eigenvalue weighted by Gasteiger charge is 2.36. The summed E-state index contributed by atoms with van der Waals surface area (Å²) in [6.07, 6.45) is 1.34. The number of rotatable bonds is 3. The number of Topliss-reactive ketones (excluding diaryl/α,β-unsaturated/α-hetero) is 1. The SMILES string of the molecule is CC.CCNC1CCC(C(N)=O)C1=O. The van der Waals surface area contributed by atoms with Crippen molar-refractivity contribution in [1.82, 2.24) is 5.32 Å². The van der Waals surface area contributed by atoms with Crippen molar-refractivity contribution in [3.8, 4) is 0 Å². The van der Waals surface area contributed by atoms with Gasteiger partial charge in [0.05, 0.1) is 12.0 Å². The molecule has 0 aromatic heterocycles. The van der Waals surface area contributed by atoms with E-state index in [1.807, 2.05) is 20.8 Å². The molecule has 0 radical (unpaired) electrons. The Kier molecular flexibility index (Phi) is 6.12. The second-order valence-corrected chi connectivity index (χ2v) is 3.04. The Morgan fingerprint density at radius 2 is 2.07 bits per heavy atom. The van der Waals surface area contributed by atoms with E-state index in [0.29, 0.717) is 6.42 Å². The quantitative estimate of drug-likeness (QED) is 0.650. The minimum Gasteiger partial charge on any atom is -0.369 e. The molecule has 4 heteroatoms. The van der Waals surface area contributed by atoms with Crippen molar-refractivity contribution in [2.75, 3.05) is 6.54 Å².